The summed E-state index contributed by atoms with van der Waals surface area (Å²) in [7, 11) is 1.42. The molecule has 0 spiro atoms. The highest BCUT2D eigenvalue weighted by Gasteiger charge is 2.27. The van der Waals surface area contributed by atoms with Gasteiger partial charge in [0.05, 0.1) is 0 Å². The van der Waals surface area contributed by atoms with E-state index < -0.39 is 8.56 Å². The second kappa shape index (κ2) is 6.12. The normalized spacial score (nSPS) is 11.6. The number of hydrogen-bond acceptors (Lipinski definition) is 3. The first-order chi connectivity index (χ1) is 6.04. The molecule has 0 fully saturated rings. The fourth-order valence-electron chi connectivity index (χ4n) is 1.03. The molecule has 0 saturated heterocycles. The minimum absolute atomic E-state index is 0.238. The average molecular weight is 205 g/mol. The third-order valence-corrected chi connectivity index (χ3v) is 5.16. The molecule has 0 radical (unpaired) electrons. The summed E-state index contributed by atoms with van der Waals surface area (Å²) in [5, 5.41) is 0. The molecule has 0 aromatic heterocycles. The number of carbonyl (C=O) groups is 1. The smallest absolute Gasteiger partial charge is 0.334 e. The van der Waals surface area contributed by atoms with E-state index in [9.17, 15) is 4.79 Å². The Morgan fingerprint density at radius 3 is 2.23 bits per heavy atom. The molecule has 0 atom stereocenters. The van der Waals surface area contributed by atoms with Crippen LogP contribution in [0.5, 0.6) is 0 Å². The Morgan fingerprint density at radius 1 is 1.31 bits per heavy atom. The van der Waals surface area contributed by atoms with Crippen LogP contribution in [0.2, 0.25) is 12.6 Å². The molecule has 0 rings (SSSR count). The van der Waals surface area contributed by atoms with Crippen LogP contribution < -0.4 is 5.73 Å². The van der Waals surface area contributed by atoms with Crippen molar-refractivity contribution in [2.75, 3.05) is 14.2 Å². The summed E-state index contributed by atoms with van der Waals surface area (Å²) in [6.07, 6.45) is 2.22. The van der Waals surface area contributed by atoms with Crippen molar-refractivity contribution in [3.8, 4) is 0 Å². The van der Waals surface area contributed by atoms with E-state index >= 15 is 0 Å². The zero-order valence-electron chi connectivity index (χ0n) is 8.63. The molecule has 2 N–H and O–H groups in total. The molecule has 0 bridgehead atoms. The summed E-state index contributed by atoms with van der Waals surface area (Å²) in [4.78, 5) is 10.4. The van der Waals surface area contributed by atoms with Crippen molar-refractivity contribution in [1.29, 1.82) is 0 Å². The fraction of sp³-hybridized carbons (Fsp3) is 0.875. The van der Waals surface area contributed by atoms with Crippen LogP contribution in [-0.2, 0) is 13.6 Å². The van der Waals surface area contributed by atoms with Crippen molar-refractivity contribution >= 4 is 14.5 Å². The quantitative estimate of drug-likeness (QED) is 0.498. The number of carbonyl (C=O) groups excluding carboxylic acids is 1. The van der Waals surface area contributed by atoms with E-state index in [4.69, 9.17) is 14.6 Å². The van der Waals surface area contributed by atoms with Crippen LogP contribution in [0.3, 0.4) is 0 Å². The van der Waals surface area contributed by atoms with Crippen LogP contribution in [0.25, 0.3) is 0 Å². The lowest BCUT2D eigenvalue weighted by molar-refractivity contribution is -0.118. The highest BCUT2D eigenvalue weighted by atomic mass is 28.4. The van der Waals surface area contributed by atoms with Crippen LogP contribution in [0.1, 0.15) is 19.3 Å². The maximum absolute atomic E-state index is 10.4. The van der Waals surface area contributed by atoms with E-state index in [1.165, 1.54) is 0 Å². The second-order valence-electron chi connectivity index (χ2n) is 3.22. The average Bonchev–Trinajstić information content (AvgIpc) is 2.12. The lowest BCUT2D eigenvalue weighted by atomic mass is 10.2. The first-order valence-electron chi connectivity index (χ1n) is 4.42. The van der Waals surface area contributed by atoms with Gasteiger partial charge in [0.25, 0.3) is 0 Å². The van der Waals surface area contributed by atoms with Gasteiger partial charge in [-0.05, 0) is 19.0 Å². The van der Waals surface area contributed by atoms with Gasteiger partial charge in [-0.15, -0.1) is 0 Å². The van der Waals surface area contributed by atoms with Gasteiger partial charge in [0, 0.05) is 20.6 Å². The standard InChI is InChI=1S/C8H19NO3Si/c1-11-13(3,12-2)7-5-4-6-8(9)10/h4-7H2,1-3H3,(H2,9,10). The van der Waals surface area contributed by atoms with E-state index in [1.807, 2.05) is 6.55 Å². The number of rotatable bonds is 7. The largest absolute Gasteiger partial charge is 0.398 e. The number of amides is 1. The minimum Gasteiger partial charge on any atom is -0.398 e. The van der Waals surface area contributed by atoms with Crippen molar-refractivity contribution in [1.82, 2.24) is 0 Å². The molecule has 0 aromatic carbocycles. The van der Waals surface area contributed by atoms with Gasteiger partial charge < -0.3 is 14.6 Å². The number of primary amides is 1. The Bertz CT molecular complexity index is 159. The summed E-state index contributed by atoms with van der Waals surface area (Å²) in [6.45, 7) is 2.01. The van der Waals surface area contributed by atoms with Crippen molar-refractivity contribution in [2.45, 2.75) is 31.9 Å². The topological polar surface area (TPSA) is 61.5 Å². The molecule has 0 aliphatic heterocycles. The molecular formula is C8H19NO3Si. The van der Waals surface area contributed by atoms with Gasteiger partial charge in [-0.1, -0.05) is 6.42 Å². The van der Waals surface area contributed by atoms with Crippen LogP contribution in [-0.4, -0.2) is 28.7 Å². The lowest BCUT2D eigenvalue weighted by Crippen LogP contribution is -2.35. The van der Waals surface area contributed by atoms with E-state index in [0.717, 1.165) is 18.9 Å². The molecule has 0 unspecified atom stereocenters. The van der Waals surface area contributed by atoms with E-state index in [0.29, 0.717) is 6.42 Å². The van der Waals surface area contributed by atoms with Gasteiger partial charge in [0.15, 0.2) is 0 Å². The SMILES string of the molecule is CO[Si](C)(CCCCC(N)=O)OC. The van der Waals surface area contributed by atoms with Crippen LogP contribution in [0, 0.1) is 0 Å². The summed E-state index contributed by atoms with van der Waals surface area (Å²) in [6, 6.07) is 0.910. The molecule has 1 amide bonds. The Morgan fingerprint density at radius 2 is 1.85 bits per heavy atom. The molecule has 4 nitrogen and oxygen atoms in total. The third kappa shape index (κ3) is 5.79. The number of unbranched alkanes of at least 4 members (excludes halogenated alkanes) is 1. The Balaban J connectivity index is 3.55. The van der Waals surface area contributed by atoms with Crippen LogP contribution in [0.4, 0.5) is 0 Å². The zero-order chi connectivity index (χ0) is 10.3. The highest BCUT2D eigenvalue weighted by Crippen LogP contribution is 2.15. The Labute approximate surface area is 80.6 Å². The van der Waals surface area contributed by atoms with E-state index in [-0.39, 0.29) is 5.91 Å². The second-order valence-corrected chi connectivity index (χ2v) is 6.80. The minimum atomic E-state index is -1.92. The number of nitrogens with two attached hydrogens (primary N) is 1. The summed E-state index contributed by atoms with van der Waals surface area (Å²) >= 11 is 0. The van der Waals surface area contributed by atoms with Crippen LogP contribution >= 0.6 is 0 Å². The number of hydrogen-bond donors (Lipinski definition) is 1. The molecule has 0 aliphatic rings. The molecular weight excluding hydrogens is 186 g/mol. The van der Waals surface area contributed by atoms with Gasteiger partial charge in [0.1, 0.15) is 0 Å². The summed E-state index contributed by atoms with van der Waals surface area (Å²) in [5.41, 5.74) is 5.02. The molecule has 13 heavy (non-hydrogen) atoms. The van der Waals surface area contributed by atoms with E-state index in [2.05, 4.69) is 0 Å². The van der Waals surface area contributed by atoms with Crippen molar-refractivity contribution < 1.29 is 13.6 Å². The predicted octanol–water partition coefficient (Wildman–Crippen LogP) is 1.01. The molecule has 0 saturated carbocycles. The van der Waals surface area contributed by atoms with Gasteiger partial charge in [-0.25, -0.2) is 0 Å². The first-order valence-corrected chi connectivity index (χ1v) is 6.95. The monoisotopic (exact) mass is 205 g/mol. The van der Waals surface area contributed by atoms with Gasteiger partial charge >= 0.3 is 8.56 Å². The van der Waals surface area contributed by atoms with Gasteiger partial charge in [-0.2, -0.15) is 0 Å². The van der Waals surface area contributed by atoms with Crippen molar-refractivity contribution in [2.24, 2.45) is 5.73 Å². The molecule has 0 aliphatic carbocycles. The molecule has 0 aromatic rings. The maximum Gasteiger partial charge on any atom is 0.334 e. The van der Waals surface area contributed by atoms with E-state index in [1.54, 1.807) is 14.2 Å². The maximum atomic E-state index is 10.4. The Kier molecular flexibility index (Phi) is 5.94. The molecule has 78 valence electrons. The van der Waals surface area contributed by atoms with Crippen molar-refractivity contribution in [3.63, 3.8) is 0 Å². The van der Waals surface area contributed by atoms with Crippen LogP contribution in [0.15, 0.2) is 0 Å². The fourth-order valence-corrected chi connectivity index (χ4v) is 2.50. The molecule has 5 heteroatoms. The Hall–Kier alpha value is -0.393. The van der Waals surface area contributed by atoms with Gasteiger partial charge in [0.2, 0.25) is 5.91 Å². The lowest BCUT2D eigenvalue weighted by Gasteiger charge is -2.22. The zero-order valence-corrected chi connectivity index (χ0v) is 9.63. The van der Waals surface area contributed by atoms with Crippen molar-refractivity contribution in [3.05, 3.63) is 0 Å². The highest BCUT2D eigenvalue weighted by molar-refractivity contribution is 6.65. The molecule has 0 heterocycles. The summed E-state index contributed by atoms with van der Waals surface area (Å²) < 4.78 is 10.6. The first kappa shape index (κ1) is 12.6. The summed E-state index contributed by atoms with van der Waals surface area (Å²) in [5.74, 6) is -0.238. The predicted molar refractivity (Wildman–Crippen MR) is 53.5 cm³/mol. The van der Waals surface area contributed by atoms with Gasteiger partial charge in [-0.3, -0.25) is 4.79 Å². The third-order valence-electron chi connectivity index (χ3n) is 2.17.